The van der Waals surface area contributed by atoms with E-state index in [4.69, 9.17) is 4.74 Å². The second kappa shape index (κ2) is 13.8. The molecule has 238 valence electrons. The van der Waals surface area contributed by atoms with Crippen LogP contribution in [-0.2, 0) is 12.7 Å². The number of nitrogens with zero attached hydrogens (tertiary/aromatic N) is 3. The Hall–Kier alpha value is -4.32. The average molecular weight is 627 g/mol. The second-order valence-electron chi connectivity index (χ2n) is 11.4. The van der Waals surface area contributed by atoms with Crippen LogP contribution in [0.25, 0.3) is 0 Å². The Morgan fingerprint density at radius 3 is 2.29 bits per heavy atom. The molecule has 2 aliphatic rings. The fourth-order valence-corrected chi connectivity index (χ4v) is 5.78. The van der Waals surface area contributed by atoms with Gasteiger partial charge < -0.3 is 15.0 Å². The van der Waals surface area contributed by atoms with Crippen molar-refractivity contribution in [2.75, 3.05) is 33.3 Å². The molecule has 1 N–H and O–H groups in total. The molecule has 0 bridgehead atoms. The molecule has 0 saturated carbocycles. The molecule has 2 unspecified atom stereocenters. The lowest BCUT2D eigenvalue weighted by atomic mass is 9.88. The summed E-state index contributed by atoms with van der Waals surface area (Å²) in [5.41, 5.74) is 0.635. The number of Topliss-reactive ketones (excluding diaryl/α,β-unsaturated/α-hetero) is 1. The molecule has 2 aliphatic heterocycles. The van der Waals surface area contributed by atoms with Crippen molar-refractivity contribution in [2.45, 2.75) is 44.2 Å². The Labute approximate surface area is 258 Å². The van der Waals surface area contributed by atoms with E-state index in [1.54, 1.807) is 47.2 Å². The van der Waals surface area contributed by atoms with Gasteiger partial charge in [-0.25, -0.2) is 4.39 Å². The number of methoxy groups -OCH3 is 1. The first kappa shape index (κ1) is 32.1. The molecule has 8 nitrogen and oxygen atoms in total. The van der Waals surface area contributed by atoms with Gasteiger partial charge in [0.1, 0.15) is 17.6 Å². The number of alkyl halides is 4. The van der Waals surface area contributed by atoms with Gasteiger partial charge in [-0.15, -0.1) is 0 Å². The number of ketones is 1. The number of ether oxygens (including phenoxy) is 1. The maximum atomic E-state index is 15.0. The van der Waals surface area contributed by atoms with E-state index in [1.165, 1.54) is 24.4 Å². The Morgan fingerprint density at radius 1 is 0.956 bits per heavy atom. The molecule has 2 fully saturated rings. The zero-order valence-electron chi connectivity index (χ0n) is 24.7. The van der Waals surface area contributed by atoms with Crippen LogP contribution >= 0.6 is 0 Å². The lowest BCUT2D eigenvalue weighted by Crippen LogP contribution is -2.52. The molecule has 0 aliphatic carbocycles. The summed E-state index contributed by atoms with van der Waals surface area (Å²) in [6.07, 6.45) is -3.25. The first-order valence-corrected chi connectivity index (χ1v) is 14.8. The summed E-state index contributed by atoms with van der Waals surface area (Å²) in [6.45, 7) is 1.34. The Balaban J connectivity index is 1.09. The van der Waals surface area contributed by atoms with E-state index in [1.807, 2.05) is 0 Å². The minimum atomic E-state index is -4.45. The topological polar surface area (TPSA) is 91.8 Å². The van der Waals surface area contributed by atoms with Gasteiger partial charge in [0.2, 0.25) is 0 Å². The predicted molar refractivity (Wildman–Crippen MR) is 158 cm³/mol. The third-order valence-electron chi connectivity index (χ3n) is 8.37. The molecule has 1 aromatic heterocycles. The fraction of sp³-hybridized carbons (Fsp3) is 0.394. The van der Waals surface area contributed by atoms with Gasteiger partial charge in [-0.1, -0.05) is 18.2 Å². The highest BCUT2D eigenvalue weighted by atomic mass is 19.4. The van der Waals surface area contributed by atoms with E-state index in [0.29, 0.717) is 49.4 Å². The van der Waals surface area contributed by atoms with Gasteiger partial charge in [-0.2, -0.15) is 13.2 Å². The summed E-state index contributed by atoms with van der Waals surface area (Å²) < 4.78 is 59.2. The van der Waals surface area contributed by atoms with Gasteiger partial charge in [0.05, 0.1) is 24.3 Å². The van der Waals surface area contributed by atoms with Crippen LogP contribution in [-0.4, -0.2) is 77.9 Å². The summed E-state index contributed by atoms with van der Waals surface area (Å²) >= 11 is 0. The number of nitrogens with one attached hydrogen (secondary N) is 1. The van der Waals surface area contributed by atoms with Crippen molar-refractivity contribution in [1.82, 2.24) is 20.1 Å². The molecule has 2 amide bonds. The summed E-state index contributed by atoms with van der Waals surface area (Å²) in [4.78, 5) is 46.3. The number of hydrogen-bond donors (Lipinski definition) is 1. The van der Waals surface area contributed by atoms with Gasteiger partial charge in [0, 0.05) is 50.4 Å². The van der Waals surface area contributed by atoms with Crippen molar-refractivity contribution in [3.63, 3.8) is 0 Å². The van der Waals surface area contributed by atoms with Gasteiger partial charge in [0.15, 0.2) is 5.78 Å². The third-order valence-corrected chi connectivity index (χ3v) is 8.37. The summed E-state index contributed by atoms with van der Waals surface area (Å²) in [5, 5.41) is 2.68. The quantitative estimate of drug-likeness (QED) is 0.274. The first-order chi connectivity index (χ1) is 21.5. The molecule has 5 rings (SSSR count). The molecule has 2 saturated heterocycles. The minimum Gasteiger partial charge on any atom is -0.497 e. The van der Waals surface area contributed by atoms with E-state index in [2.05, 4.69) is 10.3 Å². The maximum absolute atomic E-state index is 15.0. The molecule has 12 heteroatoms. The number of halogens is 4. The van der Waals surface area contributed by atoms with Crippen molar-refractivity contribution in [2.24, 2.45) is 5.92 Å². The lowest BCUT2D eigenvalue weighted by molar-refractivity contribution is -0.137. The van der Waals surface area contributed by atoms with Crippen LogP contribution in [0.2, 0.25) is 0 Å². The number of carbonyl (C=O) groups excluding carboxylic acids is 3. The molecule has 3 heterocycles. The van der Waals surface area contributed by atoms with E-state index < -0.39 is 29.9 Å². The fourth-order valence-electron chi connectivity index (χ4n) is 5.78. The normalized spacial score (nSPS) is 19.6. The van der Waals surface area contributed by atoms with Crippen molar-refractivity contribution >= 4 is 17.6 Å². The molecular formula is C33H34F4N4O4. The number of hydrogen-bond acceptors (Lipinski definition) is 6. The molecule has 2 atom stereocenters. The van der Waals surface area contributed by atoms with Gasteiger partial charge in [-0.05, 0) is 67.3 Å². The number of benzene rings is 2. The van der Waals surface area contributed by atoms with E-state index >= 15 is 0 Å². The Bertz CT molecular complexity index is 1510. The lowest BCUT2D eigenvalue weighted by Gasteiger charge is -2.35. The third kappa shape index (κ3) is 7.86. The zero-order valence-corrected chi connectivity index (χ0v) is 24.7. The van der Waals surface area contributed by atoms with Gasteiger partial charge in [0.25, 0.3) is 11.8 Å². The standard InChI is InChI=1S/C33H34F4N4O4/c1-45-26-8-5-22(6-9-26)30(42)23-11-15-41(16-12-23)32(44)29-10-7-24(18-38-29)31(43)39-28-13-14-40(20-27(28)34)19-21-3-2-4-25(17-21)33(35,36)37/h2-10,17-18,23,27-28H,11-16,19-20H2,1H3,(H,39,43). The Kier molecular flexibility index (Phi) is 9.81. The minimum absolute atomic E-state index is 0.0325. The summed E-state index contributed by atoms with van der Waals surface area (Å²) in [6, 6.07) is 14.1. The number of amides is 2. The molecule has 45 heavy (non-hydrogen) atoms. The average Bonchev–Trinajstić information content (AvgIpc) is 3.05. The number of piperidine rings is 2. The Morgan fingerprint density at radius 2 is 1.67 bits per heavy atom. The smallest absolute Gasteiger partial charge is 0.416 e. The largest absolute Gasteiger partial charge is 0.497 e. The van der Waals surface area contributed by atoms with E-state index in [0.717, 1.165) is 12.1 Å². The number of aromatic nitrogens is 1. The number of rotatable bonds is 8. The molecular weight excluding hydrogens is 592 g/mol. The van der Waals surface area contributed by atoms with Crippen molar-refractivity contribution in [3.05, 3.63) is 94.8 Å². The van der Waals surface area contributed by atoms with Crippen LogP contribution < -0.4 is 10.1 Å². The van der Waals surface area contributed by atoms with Crippen molar-refractivity contribution < 1.29 is 36.7 Å². The molecule has 0 spiro atoms. The second-order valence-corrected chi connectivity index (χ2v) is 11.4. The van der Waals surface area contributed by atoms with Crippen molar-refractivity contribution in [1.29, 1.82) is 0 Å². The van der Waals surface area contributed by atoms with Gasteiger partial charge in [-0.3, -0.25) is 24.3 Å². The van der Waals surface area contributed by atoms with E-state index in [-0.39, 0.29) is 48.4 Å². The van der Waals surface area contributed by atoms with Crippen LogP contribution in [0.4, 0.5) is 17.6 Å². The SMILES string of the molecule is COc1ccc(C(=O)C2CCN(C(=O)c3ccc(C(=O)NC4CCN(Cc5cccc(C(F)(F)F)c5)CC4F)cn3)CC2)cc1. The monoisotopic (exact) mass is 626 g/mol. The number of carbonyl (C=O) groups is 3. The zero-order chi connectivity index (χ0) is 32.1. The molecule has 2 aromatic carbocycles. The van der Waals surface area contributed by atoms with Crippen LogP contribution in [0, 0.1) is 5.92 Å². The van der Waals surface area contributed by atoms with Gasteiger partial charge >= 0.3 is 6.18 Å². The highest BCUT2D eigenvalue weighted by Crippen LogP contribution is 2.30. The first-order valence-electron chi connectivity index (χ1n) is 14.8. The number of pyridine rings is 1. The van der Waals surface area contributed by atoms with E-state index in [9.17, 15) is 31.9 Å². The maximum Gasteiger partial charge on any atom is 0.416 e. The van der Waals surface area contributed by atoms with Crippen LogP contribution in [0.1, 0.15) is 61.6 Å². The molecule has 3 aromatic rings. The number of likely N-dealkylation sites (tertiary alicyclic amines) is 2. The van der Waals surface area contributed by atoms with Crippen LogP contribution in [0.5, 0.6) is 5.75 Å². The predicted octanol–water partition coefficient (Wildman–Crippen LogP) is 5.19. The van der Waals surface area contributed by atoms with Crippen molar-refractivity contribution in [3.8, 4) is 5.75 Å². The molecule has 0 radical (unpaired) electrons. The highest BCUT2D eigenvalue weighted by Gasteiger charge is 2.33. The highest BCUT2D eigenvalue weighted by molar-refractivity contribution is 5.99. The van der Waals surface area contributed by atoms with Crippen LogP contribution in [0.15, 0.2) is 66.9 Å². The van der Waals surface area contributed by atoms with Crippen LogP contribution in [0.3, 0.4) is 0 Å². The summed E-state index contributed by atoms with van der Waals surface area (Å²) in [5.74, 6) is -0.304. The summed E-state index contributed by atoms with van der Waals surface area (Å²) in [7, 11) is 1.56.